The van der Waals surface area contributed by atoms with E-state index in [1.165, 1.54) is 33.4 Å². The van der Waals surface area contributed by atoms with Crippen LogP contribution in [0.3, 0.4) is 0 Å². The monoisotopic (exact) mass is 348 g/mol. The number of rotatable bonds is 3. The summed E-state index contributed by atoms with van der Waals surface area (Å²) in [6, 6.07) is 12.9. The quantitative estimate of drug-likeness (QED) is 0.651. The van der Waals surface area contributed by atoms with Crippen LogP contribution in [0.5, 0.6) is 0 Å². The Balaban J connectivity index is 0.000000211. The van der Waals surface area contributed by atoms with Crippen LogP contribution in [0, 0.1) is 27.7 Å². The smallest absolute Gasteiger partial charge is 0.0715 e. The maximum Gasteiger partial charge on any atom is 0.0715 e. The largest absolute Gasteiger partial charge is 0.380 e. The second-order valence-corrected chi connectivity index (χ2v) is 5.99. The van der Waals surface area contributed by atoms with Crippen LogP contribution in [0.25, 0.3) is 0 Å². The van der Waals surface area contributed by atoms with E-state index in [-0.39, 0.29) is 0 Å². The molecule has 0 aliphatic rings. The molecule has 0 atom stereocenters. The average molecular weight is 349 g/mol. The molecule has 2 rings (SSSR count). The first-order valence-electron chi connectivity index (χ1n) is 7.15. The molecule has 0 N–H and O–H groups in total. The maximum atomic E-state index is 5.06. The molecular formula is C19H25BrO. The summed E-state index contributed by atoms with van der Waals surface area (Å²) in [4.78, 5) is 0. The van der Waals surface area contributed by atoms with Crippen molar-refractivity contribution < 1.29 is 4.74 Å². The number of hydrogen-bond acceptors (Lipinski definition) is 1. The van der Waals surface area contributed by atoms with Crippen molar-refractivity contribution in [1.29, 1.82) is 0 Å². The molecule has 2 aromatic carbocycles. The fraction of sp³-hybridized carbons (Fsp3) is 0.368. The van der Waals surface area contributed by atoms with Crippen molar-refractivity contribution in [3.63, 3.8) is 0 Å². The minimum Gasteiger partial charge on any atom is -0.380 e. The Morgan fingerprint density at radius 2 is 1.29 bits per heavy atom. The van der Waals surface area contributed by atoms with Crippen molar-refractivity contribution in [1.82, 2.24) is 0 Å². The van der Waals surface area contributed by atoms with Crippen LogP contribution < -0.4 is 0 Å². The minimum absolute atomic E-state index is 0.716. The van der Waals surface area contributed by atoms with E-state index in [9.17, 15) is 0 Å². The van der Waals surface area contributed by atoms with Gasteiger partial charge < -0.3 is 4.74 Å². The number of halogens is 1. The van der Waals surface area contributed by atoms with Crippen molar-refractivity contribution in [2.75, 3.05) is 7.11 Å². The van der Waals surface area contributed by atoms with Crippen LogP contribution in [0.2, 0.25) is 0 Å². The minimum atomic E-state index is 0.716. The standard InChI is InChI=1S/C10H14O.C9H11Br/c1-8-4-5-9(2)10(6-8)7-11-3;1-7-3-4-8(2)9(5-7)6-10/h4-6H,7H2,1-3H3;3-5H,6H2,1-2H3. The summed E-state index contributed by atoms with van der Waals surface area (Å²) in [5.74, 6) is 0. The van der Waals surface area contributed by atoms with Crippen LogP contribution in [-0.2, 0) is 16.7 Å². The Bertz CT molecular complexity index is 576. The third kappa shape index (κ3) is 6.03. The fourth-order valence-electron chi connectivity index (χ4n) is 2.06. The Morgan fingerprint density at radius 1 is 0.810 bits per heavy atom. The Kier molecular flexibility index (Phi) is 7.69. The SMILES string of the molecule is COCc1cc(C)ccc1C.Cc1ccc(C)c(CBr)c1. The van der Waals surface area contributed by atoms with Crippen LogP contribution in [0.15, 0.2) is 36.4 Å². The van der Waals surface area contributed by atoms with Crippen molar-refractivity contribution in [3.8, 4) is 0 Å². The van der Waals surface area contributed by atoms with Gasteiger partial charge in [0.2, 0.25) is 0 Å². The van der Waals surface area contributed by atoms with Gasteiger partial charge in [0, 0.05) is 12.4 Å². The van der Waals surface area contributed by atoms with E-state index < -0.39 is 0 Å². The van der Waals surface area contributed by atoms with Gasteiger partial charge in [-0.1, -0.05) is 63.5 Å². The van der Waals surface area contributed by atoms with Crippen molar-refractivity contribution in [2.24, 2.45) is 0 Å². The zero-order chi connectivity index (χ0) is 15.8. The number of alkyl halides is 1. The van der Waals surface area contributed by atoms with Gasteiger partial charge in [-0.15, -0.1) is 0 Å². The second kappa shape index (κ2) is 9.01. The van der Waals surface area contributed by atoms with Crippen molar-refractivity contribution in [2.45, 2.75) is 39.6 Å². The highest BCUT2D eigenvalue weighted by Gasteiger charge is 1.96. The van der Waals surface area contributed by atoms with Gasteiger partial charge in [-0.2, -0.15) is 0 Å². The molecule has 1 nitrogen and oxygen atoms in total. The van der Waals surface area contributed by atoms with E-state index in [1.807, 2.05) is 0 Å². The molecule has 0 saturated carbocycles. The van der Waals surface area contributed by atoms with Crippen molar-refractivity contribution >= 4 is 15.9 Å². The number of ether oxygens (including phenoxy) is 1. The lowest BCUT2D eigenvalue weighted by Crippen LogP contribution is -1.91. The fourth-order valence-corrected chi connectivity index (χ4v) is 2.66. The van der Waals surface area contributed by atoms with Crippen LogP contribution in [0.4, 0.5) is 0 Å². The van der Waals surface area contributed by atoms with Gasteiger partial charge in [0.05, 0.1) is 6.61 Å². The number of hydrogen-bond donors (Lipinski definition) is 0. The maximum absolute atomic E-state index is 5.06. The summed E-state index contributed by atoms with van der Waals surface area (Å²) >= 11 is 3.44. The molecular weight excluding hydrogens is 324 g/mol. The third-order valence-electron chi connectivity index (χ3n) is 3.45. The third-order valence-corrected chi connectivity index (χ3v) is 4.06. The summed E-state index contributed by atoms with van der Waals surface area (Å²) < 4.78 is 5.06. The molecule has 0 aromatic heterocycles. The molecule has 0 radical (unpaired) electrons. The van der Waals surface area contributed by atoms with Gasteiger partial charge in [-0.25, -0.2) is 0 Å². The molecule has 0 aliphatic heterocycles. The number of methoxy groups -OCH3 is 1. The number of aryl methyl sites for hydroxylation is 4. The lowest BCUT2D eigenvalue weighted by atomic mass is 10.1. The van der Waals surface area contributed by atoms with Crippen molar-refractivity contribution in [3.05, 3.63) is 69.8 Å². The highest BCUT2D eigenvalue weighted by Crippen LogP contribution is 2.13. The molecule has 0 bridgehead atoms. The first kappa shape index (κ1) is 17.9. The van der Waals surface area contributed by atoms with Gasteiger partial charge in [-0.3, -0.25) is 0 Å². The average Bonchev–Trinajstić information content (AvgIpc) is 2.46. The van der Waals surface area contributed by atoms with Crippen LogP contribution >= 0.6 is 15.9 Å². The lowest BCUT2D eigenvalue weighted by molar-refractivity contribution is 0.184. The zero-order valence-electron chi connectivity index (χ0n) is 13.7. The molecule has 0 amide bonds. The Morgan fingerprint density at radius 3 is 1.71 bits per heavy atom. The second-order valence-electron chi connectivity index (χ2n) is 5.43. The van der Waals surface area contributed by atoms with Crippen LogP contribution in [0.1, 0.15) is 33.4 Å². The summed E-state index contributed by atoms with van der Waals surface area (Å²) in [6.45, 7) is 9.17. The summed E-state index contributed by atoms with van der Waals surface area (Å²) in [7, 11) is 1.72. The highest BCUT2D eigenvalue weighted by atomic mass is 79.9. The Labute approximate surface area is 137 Å². The summed E-state index contributed by atoms with van der Waals surface area (Å²) in [5, 5.41) is 0.959. The number of benzene rings is 2. The molecule has 0 heterocycles. The molecule has 0 unspecified atom stereocenters. The molecule has 0 fully saturated rings. The molecule has 0 aliphatic carbocycles. The van der Waals surface area contributed by atoms with E-state index >= 15 is 0 Å². The molecule has 2 aromatic rings. The van der Waals surface area contributed by atoms with E-state index in [0.717, 1.165) is 5.33 Å². The predicted molar refractivity (Wildman–Crippen MR) is 95.2 cm³/mol. The zero-order valence-corrected chi connectivity index (χ0v) is 15.3. The van der Waals surface area contributed by atoms with E-state index in [4.69, 9.17) is 4.74 Å². The van der Waals surface area contributed by atoms with Gasteiger partial charge in [0.15, 0.2) is 0 Å². The van der Waals surface area contributed by atoms with Gasteiger partial charge >= 0.3 is 0 Å². The highest BCUT2D eigenvalue weighted by molar-refractivity contribution is 9.08. The van der Waals surface area contributed by atoms with Gasteiger partial charge in [0.1, 0.15) is 0 Å². The van der Waals surface area contributed by atoms with Crippen LogP contribution in [-0.4, -0.2) is 7.11 Å². The normalized spacial score (nSPS) is 10.0. The van der Waals surface area contributed by atoms with Gasteiger partial charge in [0.25, 0.3) is 0 Å². The molecule has 0 spiro atoms. The molecule has 114 valence electrons. The van der Waals surface area contributed by atoms with E-state index in [0.29, 0.717) is 6.61 Å². The Hall–Kier alpha value is -1.12. The topological polar surface area (TPSA) is 9.23 Å². The van der Waals surface area contributed by atoms with Gasteiger partial charge in [-0.05, 0) is 49.9 Å². The predicted octanol–water partition coefficient (Wildman–Crippen LogP) is 5.65. The molecule has 2 heteroatoms. The molecule has 0 saturated heterocycles. The lowest BCUT2D eigenvalue weighted by Gasteiger charge is -2.04. The van der Waals surface area contributed by atoms with E-state index in [1.54, 1.807) is 7.11 Å². The summed E-state index contributed by atoms with van der Waals surface area (Å²) in [6.07, 6.45) is 0. The summed E-state index contributed by atoms with van der Waals surface area (Å²) in [5.41, 5.74) is 7.97. The molecule has 21 heavy (non-hydrogen) atoms. The first-order chi connectivity index (χ1) is 9.97. The first-order valence-corrected chi connectivity index (χ1v) is 8.27. The van der Waals surface area contributed by atoms with E-state index in [2.05, 4.69) is 80.0 Å².